The van der Waals surface area contributed by atoms with E-state index in [0.29, 0.717) is 11.4 Å². The van der Waals surface area contributed by atoms with Crippen LogP contribution in [0.4, 0.5) is 18.9 Å². The van der Waals surface area contributed by atoms with Crippen molar-refractivity contribution in [2.24, 2.45) is 0 Å². The molecule has 10 heteroatoms. The fourth-order valence-electron chi connectivity index (χ4n) is 3.32. The molecule has 1 heterocycles. The molecule has 1 aromatic rings. The van der Waals surface area contributed by atoms with Crippen LogP contribution in [-0.2, 0) is 23.9 Å². The van der Waals surface area contributed by atoms with Gasteiger partial charge in [0.1, 0.15) is 0 Å². The predicted molar refractivity (Wildman–Crippen MR) is 106 cm³/mol. The number of anilines is 1. The molecule has 2 N–H and O–H groups in total. The number of benzene rings is 1. The summed E-state index contributed by atoms with van der Waals surface area (Å²) < 4.78 is 48.8. The number of esters is 2. The van der Waals surface area contributed by atoms with Crippen LogP contribution in [0.1, 0.15) is 39.2 Å². The summed E-state index contributed by atoms with van der Waals surface area (Å²) in [6.45, 7) is 6.47. The van der Waals surface area contributed by atoms with Gasteiger partial charge in [-0.15, -0.1) is 0 Å². The molecule has 0 saturated heterocycles. The molecule has 0 aliphatic carbocycles. The fraction of sp³-hybridized carbons (Fsp3) is 0.381. The molecule has 0 bridgehead atoms. The molecule has 1 aromatic carbocycles. The van der Waals surface area contributed by atoms with Crippen LogP contribution in [0.25, 0.3) is 0 Å². The molecule has 1 amide bonds. The minimum absolute atomic E-state index is 0.0317. The smallest absolute Gasteiger partial charge is 0.463 e. The number of para-hydroxylation sites is 1. The molecule has 0 saturated carbocycles. The van der Waals surface area contributed by atoms with Crippen LogP contribution in [0.2, 0.25) is 0 Å². The van der Waals surface area contributed by atoms with Gasteiger partial charge in [-0.1, -0.05) is 18.2 Å². The van der Waals surface area contributed by atoms with E-state index in [0.717, 1.165) is 0 Å². The van der Waals surface area contributed by atoms with Crippen molar-refractivity contribution in [2.45, 2.75) is 39.8 Å². The third-order valence-electron chi connectivity index (χ3n) is 4.53. The number of hydrogen-bond donors (Lipinski definition) is 2. The van der Waals surface area contributed by atoms with Crippen molar-refractivity contribution in [1.82, 2.24) is 5.32 Å². The molecule has 0 spiro atoms. The molecule has 31 heavy (non-hydrogen) atoms. The first-order valence-corrected chi connectivity index (χ1v) is 9.52. The number of dihydropyridines is 1. The van der Waals surface area contributed by atoms with Gasteiger partial charge < -0.3 is 20.1 Å². The second-order valence-corrected chi connectivity index (χ2v) is 6.62. The van der Waals surface area contributed by atoms with Crippen molar-refractivity contribution >= 4 is 23.5 Å². The van der Waals surface area contributed by atoms with E-state index in [1.165, 1.54) is 24.3 Å². The molecule has 0 radical (unpaired) electrons. The zero-order valence-electron chi connectivity index (χ0n) is 17.5. The maximum atomic E-state index is 12.9. The normalized spacial score (nSPS) is 14.8. The number of hydrogen-bond acceptors (Lipinski definition) is 6. The zero-order valence-corrected chi connectivity index (χ0v) is 17.5. The minimum atomic E-state index is -5.12. The Morgan fingerprint density at radius 2 is 1.45 bits per heavy atom. The molecule has 168 valence electrons. The van der Waals surface area contributed by atoms with Gasteiger partial charge in [-0.3, -0.25) is 4.79 Å². The van der Waals surface area contributed by atoms with E-state index in [1.54, 1.807) is 27.7 Å². The van der Waals surface area contributed by atoms with Crippen LogP contribution in [0.3, 0.4) is 0 Å². The van der Waals surface area contributed by atoms with E-state index in [-0.39, 0.29) is 35.6 Å². The third-order valence-corrected chi connectivity index (χ3v) is 4.53. The lowest BCUT2D eigenvalue weighted by Gasteiger charge is -2.31. The van der Waals surface area contributed by atoms with Crippen molar-refractivity contribution in [3.05, 3.63) is 52.4 Å². The van der Waals surface area contributed by atoms with E-state index < -0.39 is 29.9 Å². The number of allylic oxidation sites excluding steroid dienone is 2. The second-order valence-electron chi connectivity index (χ2n) is 6.62. The fourth-order valence-corrected chi connectivity index (χ4v) is 3.32. The number of alkyl halides is 3. The summed E-state index contributed by atoms with van der Waals surface area (Å²) in [5, 5.41) is 4.76. The highest BCUT2D eigenvalue weighted by Gasteiger charge is 2.42. The Morgan fingerprint density at radius 1 is 0.968 bits per heavy atom. The molecule has 0 atom stereocenters. The SMILES string of the molecule is CCOC(=O)C1=C(C)NC(C)=C(C(=O)OCC)C1c1ccccc1NC(=O)C(F)(F)F. The number of ether oxygens (including phenoxy) is 2. The van der Waals surface area contributed by atoms with Crippen molar-refractivity contribution in [3.8, 4) is 0 Å². The molecule has 0 unspecified atom stereocenters. The van der Waals surface area contributed by atoms with Crippen LogP contribution < -0.4 is 10.6 Å². The molecule has 0 aromatic heterocycles. The van der Waals surface area contributed by atoms with Crippen LogP contribution in [0, 0.1) is 0 Å². The first-order valence-electron chi connectivity index (χ1n) is 9.52. The number of amides is 1. The largest absolute Gasteiger partial charge is 0.471 e. The number of carbonyl (C=O) groups excluding carboxylic acids is 3. The highest BCUT2D eigenvalue weighted by Crippen LogP contribution is 2.42. The number of carbonyl (C=O) groups is 3. The van der Waals surface area contributed by atoms with Crippen LogP contribution in [0.5, 0.6) is 0 Å². The van der Waals surface area contributed by atoms with E-state index >= 15 is 0 Å². The van der Waals surface area contributed by atoms with Crippen LogP contribution >= 0.6 is 0 Å². The van der Waals surface area contributed by atoms with Gasteiger partial charge in [0.25, 0.3) is 0 Å². The van der Waals surface area contributed by atoms with Crippen molar-refractivity contribution < 1.29 is 37.0 Å². The van der Waals surface area contributed by atoms with E-state index in [4.69, 9.17) is 9.47 Å². The average molecular weight is 440 g/mol. The molecule has 1 aliphatic rings. The Bertz CT molecular complexity index is 911. The first-order chi connectivity index (χ1) is 14.5. The highest BCUT2D eigenvalue weighted by atomic mass is 19.4. The Labute approximate surface area is 177 Å². The van der Waals surface area contributed by atoms with Gasteiger partial charge >= 0.3 is 24.0 Å². The summed E-state index contributed by atoms with van der Waals surface area (Å²) in [5.41, 5.74) is 0.720. The Morgan fingerprint density at radius 3 is 1.90 bits per heavy atom. The number of rotatable bonds is 6. The van der Waals surface area contributed by atoms with Gasteiger partial charge in [-0.2, -0.15) is 13.2 Å². The van der Waals surface area contributed by atoms with Crippen LogP contribution in [0.15, 0.2) is 46.8 Å². The van der Waals surface area contributed by atoms with Crippen LogP contribution in [-0.4, -0.2) is 37.2 Å². The van der Waals surface area contributed by atoms with Gasteiger partial charge in [0.15, 0.2) is 0 Å². The third kappa shape index (κ3) is 5.25. The summed E-state index contributed by atoms with van der Waals surface area (Å²) in [5.74, 6) is -4.79. The zero-order chi connectivity index (χ0) is 23.3. The van der Waals surface area contributed by atoms with E-state index in [2.05, 4.69) is 5.32 Å². The highest BCUT2D eigenvalue weighted by molar-refractivity contribution is 6.01. The predicted octanol–water partition coefficient (Wildman–Crippen LogP) is 3.55. The summed E-state index contributed by atoms with van der Waals surface area (Å²) in [6, 6.07) is 5.65. The summed E-state index contributed by atoms with van der Waals surface area (Å²) in [4.78, 5) is 37.1. The maximum absolute atomic E-state index is 12.9. The summed E-state index contributed by atoms with van der Waals surface area (Å²) in [6.07, 6.45) is -5.12. The quantitative estimate of drug-likeness (QED) is 0.658. The summed E-state index contributed by atoms with van der Waals surface area (Å²) in [7, 11) is 0. The Kier molecular flexibility index (Phi) is 7.48. The topological polar surface area (TPSA) is 93.7 Å². The van der Waals surface area contributed by atoms with Gasteiger partial charge in [0, 0.05) is 17.1 Å². The standard InChI is InChI=1S/C21H23F3N2O5/c1-5-30-18(27)15-11(3)25-12(4)16(19(28)31-6-2)17(15)13-9-7-8-10-14(13)26-20(29)21(22,23)24/h7-10,17,25H,5-6H2,1-4H3,(H,26,29). The van der Waals surface area contributed by atoms with E-state index in [1.807, 2.05) is 5.32 Å². The number of halogens is 3. The lowest BCUT2D eigenvalue weighted by molar-refractivity contribution is -0.167. The molecule has 1 aliphatic heterocycles. The molecule has 2 rings (SSSR count). The van der Waals surface area contributed by atoms with Crippen molar-refractivity contribution in [1.29, 1.82) is 0 Å². The second kappa shape index (κ2) is 9.67. The minimum Gasteiger partial charge on any atom is -0.463 e. The lowest BCUT2D eigenvalue weighted by atomic mass is 9.79. The van der Waals surface area contributed by atoms with Gasteiger partial charge in [-0.25, -0.2) is 9.59 Å². The molecular weight excluding hydrogens is 417 g/mol. The van der Waals surface area contributed by atoms with Crippen molar-refractivity contribution in [3.63, 3.8) is 0 Å². The molecule has 0 fully saturated rings. The van der Waals surface area contributed by atoms with Gasteiger partial charge in [0.2, 0.25) is 0 Å². The Hall–Kier alpha value is -3.30. The monoisotopic (exact) mass is 440 g/mol. The first kappa shape index (κ1) is 24.0. The summed E-state index contributed by atoms with van der Waals surface area (Å²) >= 11 is 0. The molecular formula is C21H23F3N2O5. The van der Waals surface area contributed by atoms with E-state index in [9.17, 15) is 27.6 Å². The average Bonchev–Trinajstić information content (AvgIpc) is 2.67. The van der Waals surface area contributed by atoms with Gasteiger partial charge in [-0.05, 0) is 39.3 Å². The lowest BCUT2D eigenvalue weighted by Crippen LogP contribution is -2.34. The van der Waals surface area contributed by atoms with Gasteiger partial charge in [0.05, 0.1) is 30.3 Å². The van der Waals surface area contributed by atoms with Crippen molar-refractivity contribution in [2.75, 3.05) is 18.5 Å². The molecule has 7 nitrogen and oxygen atoms in total. The Balaban J connectivity index is 2.71. The maximum Gasteiger partial charge on any atom is 0.471 e. The number of nitrogens with one attached hydrogen (secondary N) is 2.